The third-order valence-electron chi connectivity index (χ3n) is 4.44. The number of rotatable bonds is 6. The van der Waals surface area contributed by atoms with E-state index in [9.17, 15) is 9.36 Å². The summed E-state index contributed by atoms with van der Waals surface area (Å²) in [7, 11) is -2.93. The van der Waals surface area contributed by atoms with Crippen molar-refractivity contribution in [2.45, 2.75) is 19.0 Å². The zero-order valence-corrected chi connectivity index (χ0v) is 15.6. The molecule has 3 aromatic rings. The predicted octanol–water partition coefficient (Wildman–Crippen LogP) is 4.42. The minimum Gasteiger partial charge on any atom is -0.326 e. The van der Waals surface area contributed by atoms with Crippen LogP contribution in [0.1, 0.15) is 13.3 Å². The SMILES string of the molecule is C[C@H](CC(=O)Nc1ccccc1)P(=O)(c1ccccc1)c1ccccc1. The van der Waals surface area contributed by atoms with Crippen molar-refractivity contribution in [3.63, 3.8) is 0 Å². The second-order valence-corrected chi connectivity index (χ2v) is 9.53. The normalized spacial score (nSPS) is 12.3. The Morgan fingerprint density at radius 1 is 0.808 bits per heavy atom. The van der Waals surface area contributed by atoms with E-state index in [2.05, 4.69) is 5.32 Å². The van der Waals surface area contributed by atoms with E-state index in [-0.39, 0.29) is 18.0 Å². The fourth-order valence-electron chi connectivity index (χ4n) is 3.09. The van der Waals surface area contributed by atoms with Crippen molar-refractivity contribution in [2.24, 2.45) is 0 Å². The summed E-state index contributed by atoms with van der Waals surface area (Å²) in [6.45, 7) is 1.89. The Morgan fingerprint density at radius 2 is 1.23 bits per heavy atom. The number of hydrogen-bond donors (Lipinski definition) is 1. The van der Waals surface area contributed by atoms with E-state index in [4.69, 9.17) is 0 Å². The van der Waals surface area contributed by atoms with Crippen molar-refractivity contribution in [3.8, 4) is 0 Å². The fourth-order valence-corrected chi connectivity index (χ4v) is 6.06. The Bertz CT molecular complexity index is 852. The van der Waals surface area contributed by atoms with Crippen molar-refractivity contribution in [1.82, 2.24) is 0 Å². The number of nitrogens with one attached hydrogen (secondary N) is 1. The van der Waals surface area contributed by atoms with Gasteiger partial charge in [0, 0.05) is 28.4 Å². The van der Waals surface area contributed by atoms with E-state index < -0.39 is 7.14 Å². The van der Waals surface area contributed by atoms with Gasteiger partial charge in [0.15, 0.2) is 0 Å². The Kier molecular flexibility index (Phi) is 5.70. The van der Waals surface area contributed by atoms with Crippen molar-refractivity contribution in [1.29, 1.82) is 0 Å². The molecule has 3 rings (SSSR count). The number of carbonyl (C=O) groups excluding carboxylic acids is 1. The molecule has 1 N–H and O–H groups in total. The first-order valence-electron chi connectivity index (χ1n) is 8.66. The summed E-state index contributed by atoms with van der Waals surface area (Å²) in [5.74, 6) is -0.129. The van der Waals surface area contributed by atoms with Gasteiger partial charge in [0.2, 0.25) is 5.91 Å². The van der Waals surface area contributed by atoms with Crippen LogP contribution >= 0.6 is 7.14 Å². The molecular formula is C22H22NO2P. The number of amides is 1. The fraction of sp³-hybridized carbons (Fsp3) is 0.136. The van der Waals surface area contributed by atoms with Crippen LogP contribution in [0.15, 0.2) is 91.0 Å². The lowest BCUT2D eigenvalue weighted by molar-refractivity contribution is -0.116. The molecule has 1 amide bonds. The van der Waals surface area contributed by atoms with Crippen molar-refractivity contribution in [3.05, 3.63) is 91.0 Å². The van der Waals surface area contributed by atoms with Crippen LogP contribution in [0.4, 0.5) is 5.69 Å². The molecule has 26 heavy (non-hydrogen) atoms. The van der Waals surface area contributed by atoms with Gasteiger partial charge in [-0.05, 0) is 12.1 Å². The summed E-state index contributed by atoms with van der Waals surface area (Å²) in [6, 6.07) is 28.3. The van der Waals surface area contributed by atoms with Gasteiger partial charge in [-0.3, -0.25) is 4.79 Å². The standard InChI is InChI=1S/C22H22NO2P/c1-18(17-22(24)23-19-11-5-2-6-12-19)26(25,20-13-7-3-8-14-20)21-15-9-4-10-16-21/h2-16,18H,17H2,1H3,(H,23,24)/t18-/m1/s1. The van der Waals surface area contributed by atoms with Crippen LogP contribution in [0.3, 0.4) is 0 Å². The number of anilines is 1. The zero-order valence-electron chi connectivity index (χ0n) is 14.7. The Hall–Kier alpha value is -2.64. The van der Waals surface area contributed by atoms with Crippen LogP contribution in [0.25, 0.3) is 0 Å². The van der Waals surface area contributed by atoms with Crippen molar-refractivity contribution >= 4 is 29.3 Å². The molecule has 0 aliphatic heterocycles. The molecule has 132 valence electrons. The van der Waals surface area contributed by atoms with E-state index in [1.54, 1.807) is 0 Å². The molecule has 0 heterocycles. The Labute approximate surface area is 154 Å². The minimum atomic E-state index is -2.93. The quantitative estimate of drug-likeness (QED) is 0.659. The molecule has 4 heteroatoms. The Balaban J connectivity index is 1.88. The van der Waals surface area contributed by atoms with E-state index in [0.717, 1.165) is 16.3 Å². The van der Waals surface area contributed by atoms with Crippen LogP contribution in [0.5, 0.6) is 0 Å². The van der Waals surface area contributed by atoms with Crippen molar-refractivity contribution in [2.75, 3.05) is 5.32 Å². The lowest BCUT2D eigenvalue weighted by Crippen LogP contribution is -2.27. The molecule has 0 unspecified atom stereocenters. The molecular weight excluding hydrogens is 341 g/mol. The van der Waals surface area contributed by atoms with Crippen LogP contribution in [0, 0.1) is 0 Å². The van der Waals surface area contributed by atoms with E-state index in [1.165, 1.54) is 0 Å². The summed E-state index contributed by atoms with van der Waals surface area (Å²) in [6.07, 6.45) is 0.190. The average molecular weight is 363 g/mol. The highest BCUT2D eigenvalue weighted by atomic mass is 31.2. The molecule has 0 aromatic heterocycles. The Morgan fingerprint density at radius 3 is 1.69 bits per heavy atom. The molecule has 0 radical (unpaired) electrons. The lowest BCUT2D eigenvalue weighted by atomic mass is 10.3. The van der Waals surface area contributed by atoms with Gasteiger partial charge in [0.05, 0.1) is 0 Å². The molecule has 0 saturated heterocycles. The van der Waals surface area contributed by atoms with Crippen LogP contribution in [-0.2, 0) is 9.36 Å². The second kappa shape index (κ2) is 8.16. The second-order valence-electron chi connectivity index (χ2n) is 6.30. The van der Waals surface area contributed by atoms with Crippen molar-refractivity contribution < 1.29 is 9.36 Å². The molecule has 0 aliphatic carbocycles. The number of hydrogen-bond acceptors (Lipinski definition) is 2. The van der Waals surface area contributed by atoms with Gasteiger partial charge >= 0.3 is 0 Å². The van der Waals surface area contributed by atoms with Gasteiger partial charge in [-0.25, -0.2) is 0 Å². The van der Waals surface area contributed by atoms with Gasteiger partial charge in [-0.2, -0.15) is 0 Å². The number of para-hydroxylation sites is 1. The highest BCUT2D eigenvalue weighted by Crippen LogP contribution is 2.49. The third kappa shape index (κ3) is 3.95. The largest absolute Gasteiger partial charge is 0.326 e. The summed E-state index contributed by atoms with van der Waals surface area (Å²) >= 11 is 0. The molecule has 0 spiro atoms. The molecule has 0 saturated carbocycles. The minimum absolute atomic E-state index is 0.129. The summed E-state index contributed by atoms with van der Waals surface area (Å²) in [5.41, 5.74) is 0.440. The number of benzene rings is 3. The maximum atomic E-state index is 14.1. The van der Waals surface area contributed by atoms with Crippen LogP contribution in [-0.4, -0.2) is 11.6 Å². The smallest absolute Gasteiger partial charge is 0.225 e. The molecule has 0 aliphatic rings. The first kappa shape index (κ1) is 18.2. The summed E-state index contributed by atoms with van der Waals surface area (Å²) in [4.78, 5) is 12.5. The molecule has 0 fully saturated rings. The van der Waals surface area contributed by atoms with E-state index >= 15 is 0 Å². The molecule has 1 atom stereocenters. The summed E-state index contributed by atoms with van der Waals surface area (Å²) < 4.78 is 14.1. The van der Waals surface area contributed by atoms with Gasteiger partial charge in [0.25, 0.3) is 0 Å². The maximum Gasteiger partial charge on any atom is 0.225 e. The zero-order chi connectivity index (χ0) is 18.4. The first-order valence-corrected chi connectivity index (χ1v) is 10.4. The van der Waals surface area contributed by atoms with Gasteiger partial charge in [-0.1, -0.05) is 85.8 Å². The van der Waals surface area contributed by atoms with Gasteiger partial charge < -0.3 is 9.88 Å². The monoisotopic (exact) mass is 363 g/mol. The lowest BCUT2D eigenvalue weighted by Gasteiger charge is -2.25. The van der Waals surface area contributed by atoms with Gasteiger partial charge in [-0.15, -0.1) is 0 Å². The molecule has 3 aromatic carbocycles. The first-order chi connectivity index (χ1) is 12.6. The highest BCUT2D eigenvalue weighted by molar-refractivity contribution is 7.79. The van der Waals surface area contributed by atoms with Crippen LogP contribution < -0.4 is 15.9 Å². The third-order valence-corrected chi connectivity index (χ3v) is 7.99. The molecule has 0 bridgehead atoms. The number of carbonyl (C=O) groups is 1. The van der Waals surface area contributed by atoms with Gasteiger partial charge in [0.1, 0.15) is 7.14 Å². The van der Waals surface area contributed by atoms with E-state index in [1.807, 2.05) is 97.9 Å². The van der Waals surface area contributed by atoms with Crippen LogP contribution in [0.2, 0.25) is 0 Å². The predicted molar refractivity (Wildman–Crippen MR) is 109 cm³/mol. The average Bonchev–Trinajstić information content (AvgIpc) is 2.69. The summed E-state index contributed by atoms with van der Waals surface area (Å²) in [5, 5.41) is 4.45. The highest BCUT2D eigenvalue weighted by Gasteiger charge is 2.34. The molecule has 3 nitrogen and oxygen atoms in total. The van der Waals surface area contributed by atoms with E-state index in [0.29, 0.717) is 0 Å². The maximum absolute atomic E-state index is 14.1. The topological polar surface area (TPSA) is 46.2 Å².